The fourth-order valence-electron chi connectivity index (χ4n) is 2.33. The molecule has 1 atom stereocenters. The van der Waals surface area contributed by atoms with Crippen molar-refractivity contribution in [2.45, 2.75) is 12.5 Å². The van der Waals surface area contributed by atoms with E-state index in [1.165, 1.54) is 5.56 Å². The molecule has 1 unspecified atom stereocenters. The van der Waals surface area contributed by atoms with Gasteiger partial charge >= 0.3 is 0 Å². The molecule has 0 aromatic heterocycles. The largest absolute Gasteiger partial charge is 0.493 e. The number of benzene rings is 2. The Labute approximate surface area is 129 Å². The average Bonchev–Trinajstić information content (AvgIpc) is 2.88. The van der Waals surface area contributed by atoms with Crippen LogP contribution in [0.5, 0.6) is 5.75 Å². The van der Waals surface area contributed by atoms with Crippen LogP contribution < -0.4 is 10.5 Å². The van der Waals surface area contributed by atoms with Gasteiger partial charge in [0.05, 0.1) is 12.6 Å². The van der Waals surface area contributed by atoms with Crippen LogP contribution in [0.25, 0.3) is 0 Å². The van der Waals surface area contributed by atoms with E-state index < -0.39 is 0 Å². The number of fused-ring (bicyclic) bond motifs is 1. The van der Waals surface area contributed by atoms with E-state index in [0.29, 0.717) is 0 Å². The van der Waals surface area contributed by atoms with Crippen molar-refractivity contribution < 1.29 is 4.74 Å². The van der Waals surface area contributed by atoms with Gasteiger partial charge in [-0.3, -0.25) is 0 Å². The molecular formula is C15H13Br2NO. The summed E-state index contributed by atoms with van der Waals surface area (Å²) in [5, 5.41) is 0. The molecule has 1 heterocycles. The molecule has 0 radical (unpaired) electrons. The van der Waals surface area contributed by atoms with Crippen molar-refractivity contribution in [2.75, 3.05) is 6.61 Å². The molecule has 0 spiro atoms. The van der Waals surface area contributed by atoms with Crippen molar-refractivity contribution in [1.82, 2.24) is 0 Å². The van der Waals surface area contributed by atoms with Crippen LogP contribution in [0.15, 0.2) is 45.3 Å². The van der Waals surface area contributed by atoms with E-state index in [-0.39, 0.29) is 6.04 Å². The van der Waals surface area contributed by atoms with E-state index in [2.05, 4.69) is 44.0 Å². The Morgan fingerprint density at radius 2 is 1.95 bits per heavy atom. The molecule has 98 valence electrons. The van der Waals surface area contributed by atoms with Gasteiger partial charge < -0.3 is 10.5 Å². The Kier molecular flexibility index (Phi) is 3.65. The average molecular weight is 383 g/mol. The molecule has 0 amide bonds. The van der Waals surface area contributed by atoms with Crippen molar-refractivity contribution >= 4 is 31.9 Å². The van der Waals surface area contributed by atoms with Crippen molar-refractivity contribution in [2.24, 2.45) is 5.73 Å². The lowest BCUT2D eigenvalue weighted by Gasteiger charge is -2.15. The number of hydrogen-bond acceptors (Lipinski definition) is 2. The van der Waals surface area contributed by atoms with Gasteiger partial charge in [0.15, 0.2) is 0 Å². The molecule has 2 N–H and O–H groups in total. The van der Waals surface area contributed by atoms with E-state index in [9.17, 15) is 0 Å². The SMILES string of the molecule is NC(c1ccc2c(c1)CCO2)c1cc(Br)ccc1Br. The molecule has 3 rings (SSSR count). The molecule has 0 saturated heterocycles. The monoisotopic (exact) mass is 381 g/mol. The number of nitrogens with two attached hydrogens (primary N) is 1. The zero-order valence-electron chi connectivity index (χ0n) is 10.2. The molecular weight excluding hydrogens is 370 g/mol. The summed E-state index contributed by atoms with van der Waals surface area (Å²) in [4.78, 5) is 0. The van der Waals surface area contributed by atoms with Gasteiger partial charge in [0.25, 0.3) is 0 Å². The third-order valence-corrected chi connectivity index (χ3v) is 4.58. The molecule has 2 nitrogen and oxygen atoms in total. The highest BCUT2D eigenvalue weighted by molar-refractivity contribution is 9.11. The van der Waals surface area contributed by atoms with Gasteiger partial charge in [-0.25, -0.2) is 0 Å². The molecule has 2 aromatic rings. The first-order valence-electron chi connectivity index (χ1n) is 6.11. The van der Waals surface area contributed by atoms with Crippen LogP contribution >= 0.6 is 31.9 Å². The van der Waals surface area contributed by atoms with Gasteiger partial charge in [-0.2, -0.15) is 0 Å². The lowest BCUT2D eigenvalue weighted by molar-refractivity contribution is 0.357. The minimum Gasteiger partial charge on any atom is -0.493 e. The summed E-state index contributed by atoms with van der Waals surface area (Å²) in [5.41, 5.74) is 9.83. The van der Waals surface area contributed by atoms with Crippen molar-refractivity contribution in [1.29, 1.82) is 0 Å². The number of rotatable bonds is 2. The third-order valence-electron chi connectivity index (χ3n) is 3.37. The summed E-state index contributed by atoms with van der Waals surface area (Å²) in [6.07, 6.45) is 0.968. The minimum absolute atomic E-state index is 0.141. The molecule has 0 aliphatic carbocycles. The van der Waals surface area contributed by atoms with Crippen LogP contribution in [-0.2, 0) is 6.42 Å². The number of ether oxygens (including phenoxy) is 1. The topological polar surface area (TPSA) is 35.2 Å². The highest BCUT2D eigenvalue weighted by Crippen LogP contribution is 2.33. The lowest BCUT2D eigenvalue weighted by atomic mass is 9.97. The summed E-state index contributed by atoms with van der Waals surface area (Å²) in [6, 6.07) is 12.1. The predicted molar refractivity (Wildman–Crippen MR) is 83.5 cm³/mol. The summed E-state index contributed by atoms with van der Waals surface area (Å²) >= 11 is 7.06. The second kappa shape index (κ2) is 5.27. The Morgan fingerprint density at radius 3 is 2.79 bits per heavy atom. The Bertz CT molecular complexity index is 628. The molecule has 0 saturated carbocycles. The summed E-state index contributed by atoms with van der Waals surface area (Å²) in [6.45, 7) is 0.772. The number of halogens is 2. The van der Waals surface area contributed by atoms with Crippen LogP contribution in [0.3, 0.4) is 0 Å². The molecule has 2 aromatic carbocycles. The van der Waals surface area contributed by atoms with E-state index in [4.69, 9.17) is 10.5 Å². The first kappa shape index (κ1) is 13.2. The van der Waals surface area contributed by atoms with Crippen molar-refractivity contribution in [3.8, 4) is 5.75 Å². The molecule has 1 aliphatic rings. The van der Waals surface area contributed by atoms with Crippen molar-refractivity contribution in [3.63, 3.8) is 0 Å². The lowest BCUT2D eigenvalue weighted by Crippen LogP contribution is -2.12. The van der Waals surface area contributed by atoms with Crippen LogP contribution in [-0.4, -0.2) is 6.61 Å². The smallest absolute Gasteiger partial charge is 0.122 e. The predicted octanol–water partition coefficient (Wildman–Crippen LogP) is 4.19. The maximum atomic E-state index is 6.39. The quantitative estimate of drug-likeness (QED) is 0.844. The Hall–Kier alpha value is -0.840. The van der Waals surface area contributed by atoms with Gasteiger partial charge in [0, 0.05) is 15.4 Å². The fourth-order valence-corrected chi connectivity index (χ4v) is 3.20. The van der Waals surface area contributed by atoms with Crippen molar-refractivity contribution in [3.05, 3.63) is 62.0 Å². The molecule has 19 heavy (non-hydrogen) atoms. The van der Waals surface area contributed by atoms with E-state index in [0.717, 1.165) is 38.8 Å². The maximum Gasteiger partial charge on any atom is 0.122 e. The van der Waals surface area contributed by atoms with Crippen LogP contribution in [0, 0.1) is 0 Å². The van der Waals surface area contributed by atoms with Crippen LogP contribution in [0.2, 0.25) is 0 Å². The maximum absolute atomic E-state index is 6.39. The molecule has 4 heteroatoms. The molecule has 1 aliphatic heterocycles. The third kappa shape index (κ3) is 2.57. The highest BCUT2D eigenvalue weighted by atomic mass is 79.9. The second-order valence-electron chi connectivity index (χ2n) is 4.61. The second-order valence-corrected chi connectivity index (χ2v) is 6.38. The first-order chi connectivity index (χ1) is 9.15. The Balaban J connectivity index is 1.99. The summed E-state index contributed by atoms with van der Waals surface area (Å²) in [5.74, 6) is 0.990. The first-order valence-corrected chi connectivity index (χ1v) is 7.70. The van der Waals surface area contributed by atoms with Gasteiger partial charge in [-0.15, -0.1) is 0 Å². The highest BCUT2D eigenvalue weighted by Gasteiger charge is 2.17. The Morgan fingerprint density at radius 1 is 1.11 bits per heavy atom. The minimum atomic E-state index is -0.141. The zero-order valence-corrected chi connectivity index (χ0v) is 13.4. The van der Waals surface area contributed by atoms with Crippen LogP contribution in [0.4, 0.5) is 0 Å². The van der Waals surface area contributed by atoms with Gasteiger partial charge in [-0.1, -0.05) is 44.0 Å². The van der Waals surface area contributed by atoms with Gasteiger partial charge in [0.2, 0.25) is 0 Å². The summed E-state index contributed by atoms with van der Waals surface area (Å²) in [7, 11) is 0. The van der Waals surface area contributed by atoms with Gasteiger partial charge in [0.1, 0.15) is 5.75 Å². The van der Waals surface area contributed by atoms with Crippen LogP contribution in [0.1, 0.15) is 22.7 Å². The normalized spacial score (nSPS) is 14.9. The molecule has 0 fully saturated rings. The van der Waals surface area contributed by atoms with E-state index in [1.807, 2.05) is 24.3 Å². The number of hydrogen-bond donors (Lipinski definition) is 1. The van der Waals surface area contributed by atoms with Gasteiger partial charge in [-0.05, 0) is 41.0 Å². The molecule has 0 bridgehead atoms. The summed E-state index contributed by atoms with van der Waals surface area (Å²) < 4.78 is 7.58. The standard InChI is InChI=1S/C15H13Br2NO/c16-11-2-3-13(17)12(8-11)15(18)10-1-4-14-9(7-10)5-6-19-14/h1-4,7-8,15H,5-6,18H2. The van der Waals surface area contributed by atoms with E-state index in [1.54, 1.807) is 0 Å². The van der Waals surface area contributed by atoms with E-state index >= 15 is 0 Å². The fraction of sp³-hybridized carbons (Fsp3) is 0.200. The zero-order chi connectivity index (χ0) is 13.4.